The summed E-state index contributed by atoms with van der Waals surface area (Å²) < 4.78 is 13.7. The number of anilines is 2. The van der Waals surface area contributed by atoms with Gasteiger partial charge in [0.2, 0.25) is 0 Å². The van der Waals surface area contributed by atoms with Gasteiger partial charge in [-0.05, 0) is 31.0 Å². The van der Waals surface area contributed by atoms with Crippen LogP contribution in [0, 0.1) is 13.8 Å². The molecule has 6 N–H and O–H groups in total. The molecule has 0 fully saturated rings. The standard InChI is InChI=1S/C22H29N7O2S/c1-15-13-26-21(28-20(32(24)31)12-17-6-4-3-5-7-17)22(30)29(15)11-10-25-14-18-8-9-19(23)27-16(18)2/h3-9,13,20,25H,10-12,14,24H2,1-2H3,(H2,23,27)(H,26,28). The van der Waals surface area contributed by atoms with E-state index >= 15 is 0 Å². The van der Waals surface area contributed by atoms with Crippen LogP contribution < -0.4 is 27.1 Å². The smallest absolute Gasteiger partial charge is 0.293 e. The fourth-order valence-electron chi connectivity index (χ4n) is 3.33. The maximum absolute atomic E-state index is 13.0. The highest BCUT2D eigenvalue weighted by Crippen LogP contribution is 2.10. The average molecular weight is 456 g/mol. The van der Waals surface area contributed by atoms with Crippen molar-refractivity contribution in [2.75, 3.05) is 17.6 Å². The third kappa shape index (κ3) is 6.22. The van der Waals surface area contributed by atoms with E-state index in [1.165, 1.54) is 0 Å². The van der Waals surface area contributed by atoms with Gasteiger partial charge >= 0.3 is 0 Å². The zero-order valence-electron chi connectivity index (χ0n) is 18.2. The van der Waals surface area contributed by atoms with Gasteiger partial charge in [-0.3, -0.25) is 4.79 Å². The number of aromatic nitrogens is 3. The van der Waals surface area contributed by atoms with Crippen molar-refractivity contribution in [1.29, 1.82) is 0 Å². The summed E-state index contributed by atoms with van der Waals surface area (Å²) in [6.07, 6.45) is 2.03. The van der Waals surface area contributed by atoms with Gasteiger partial charge in [0, 0.05) is 43.6 Å². The van der Waals surface area contributed by atoms with Crippen molar-refractivity contribution in [3.05, 3.63) is 81.5 Å². The quantitative estimate of drug-likeness (QED) is 0.337. The second kappa shape index (κ2) is 11.0. The van der Waals surface area contributed by atoms with Crippen LogP contribution in [0.2, 0.25) is 0 Å². The molecule has 0 aliphatic carbocycles. The van der Waals surface area contributed by atoms with Crippen molar-refractivity contribution in [2.45, 2.75) is 38.7 Å². The summed E-state index contributed by atoms with van der Waals surface area (Å²) in [5, 5.41) is 11.4. The Balaban J connectivity index is 1.66. The van der Waals surface area contributed by atoms with Gasteiger partial charge in [-0.25, -0.2) is 19.3 Å². The summed E-state index contributed by atoms with van der Waals surface area (Å²) in [5.74, 6) is 0.628. The van der Waals surface area contributed by atoms with E-state index in [4.69, 9.17) is 10.9 Å². The molecule has 10 heteroatoms. The van der Waals surface area contributed by atoms with E-state index in [0.29, 0.717) is 31.9 Å². The monoisotopic (exact) mass is 455 g/mol. The topological polar surface area (TPSA) is 141 Å². The third-order valence-corrected chi connectivity index (χ3v) is 5.99. The number of nitrogen functional groups attached to an aromatic ring is 1. The zero-order chi connectivity index (χ0) is 23.1. The minimum Gasteiger partial charge on any atom is -0.384 e. The van der Waals surface area contributed by atoms with Gasteiger partial charge in [0.1, 0.15) is 22.2 Å². The molecule has 1 aromatic carbocycles. The number of nitrogens with one attached hydrogen (secondary N) is 2. The average Bonchev–Trinajstić information content (AvgIpc) is 2.76. The molecule has 2 unspecified atom stereocenters. The van der Waals surface area contributed by atoms with E-state index in [9.17, 15) is 9.00 Å². The molecule has 9 nitrogen and oxygen atoms in total. The summed E-state index contributed by atoms with van der Waals surface area (Å²) in [7, 11) is -1.68. The summed E-state index contributed by atoms with van der Waals surface area (Å²) in [6.45, 7) is 5.39. The Labute approximate surface area is 189 Å². The summed E-state index contributed by atoms with van der Waals surface area (Å²) in [4.78, 5) is 21.5. The molecule has 0 bridgehead atoms. The van der Waals surface area contributed by atoms with E-state index in [2.05, 4.69) is 20.6 Å². The molecule has 32 heavy (non-hydrogen) atoms. The first-order valence-corrected chi connectivity index (χ1v) is 11.6. The van der Waals surface area contributed by atoms with Crippen molar-refractivity contribution in [3.8, 4) is 0 Å². The Bertz CT molecular complexity index is 1130. The first-order valence-electron chi connectivity index (χ1n) is 10.3. The molecule has 2 atom stereocenters. The fourth-order valence-corrected chi connectivity index (χ4v) is 3.91. The van der Waals surface area contributed by atoms with Gasteiger partial charge in [-0.1, -0.05) is 36.4 Å². The largest absolute Gasteiger partial charge is 0.384 e. The minimum absolute atomic E-state index is 0.133. The molecule has 170 valence electrons. The predicted octanol–water partition coefficient (Wildman–Crippen LogP) is 1.23. The van der Waals surface area contributed by atoms with Crippen LogP contribution in [0.25, 0.3) is 0 Å². The summed E-state index contributed by atoms with van der Waals surface area (Å²) in [6, 6.07) is 13.3. The van der Waals surface area contributed by atoms with E-state index in [0.717, 1.165) is 22.5 Å². The first kappa shape index (κ1) is 23.6. The maximum atomic E-state index is 13.0. The minimum atomic E-state index is -1.68. The number of nitrogens with two attached hydrogens (primary N) is 2. The van der Waals surface area contributed by atoms with Crippen LogP contribution in [0.4, 0.5) is 11.6 Å². The van der Waals surface area contributed by atoms with Crippen molar-refractivity contribution >= 4 is 22.6 Å². The van der Waals surface area contributed by atoms with Crippen LogP contribution in [-0.4, -0.2) is 30.7 Å². The molecule has 2 aromatic heterocycles. The van der Waals surface area contributed by atoms with Gasteiger partial charge in [-0.15, -0.1) is 0 Å². The highest BCUT2D eigenvalue weighted by Gasteiger charge is 2.18. The molecule has 3 aromatic rings. The number of benzene rings is 1. The highest BCUT2D eigenvalue weighted by molar-refractivity contribution is 7.83. The van der Waals surface area contributed by atoms with Crippen LogP contribution >= 0.6 is 0 Å². The number of aryl methyl sites for hydroxylation is 2. The van der Waals surface area contributed by atoms with Gasteiger partial charge in [0.25, 0.3) is 5.56 Å². The third-order valence-electron chi connectivity index (χ3n) is 5.14. The van der Waals surface area contributed by atoms with Gasteiger partial charge < -0.3 is 20.9 Å². The molecule has 0 amide bonds. The summed E-state index contributed by atoms with van der Waals surface area (Å²) >= 11 is 0. The molecule has 0 saturated heterocycles. The molecular weight excluding hydrogens is 426 g/mol. The lowest BCUT2D eigenvalue weighted by Crippen LogP contribution is -2.37. The number of pyridine rings is 1. The lowest BCUT2D eigenvalue weighted by molar-refractivity contribution is 0.571. The molecule has 0 spiro atoms. The lowest BCUT2D eigenvalue weighted by atomic mass is 10.1. The van der Waals surface area contributed by atoms with E-state index in [1.54, 1.807) is 16.8 Å². The Hall–Kier alpha value is -3.08. The van der Waals surface area contributed by atoms with Crippen molar-refractivity contribution in [3.63, 3.8) is 0 Å². The molecule has 0 aliphatic heterocycles. The molecular formula is C22H29N7O2S. The van der Waals surface area contributed by atoms with E-state index in [1.807, 2.05) is 50.2 Å². The fraction of sp³-hybridized carbons (Fsp3) is 0.318. The molecule has 3 rings (SSSR count). The normalized spacial score (nSPS) is 13.0. The zero-order valence-corrected chi connectivity index (χ0v) is 19.1. The Morgan fingerprint density at radius 3 is 2.59 bits per heavy atom. The maximum Gasteiger partial charge on any atom is 0.293 e. The lowest BCUT2D eigenvalue weighted by Gasteiger charge is -2.18. The van der Waals surface area contributed by atoms with Crippen molar-refractivity contribution < 1.29 is 4.21 Å². The van der Waals surface area contributed by atoms with Gasteiger partial charge in [-0.2, -0.15) is 0 Å². The molecule has 0 radical (unpaired) electrons. The van der Waals surface area contributed by atoms with Crippen LogP contribution in [0.1, 0.15) is 22.5 Å². The van der Waals surface area contributed by atoms with Crippen molar-refractivity contribution in [2.24, 2.45) is 5.14 Å². The second-order valence-electron chi connectivity index (χ2n) is 7.51. The van der Waals surface area contributed by atoms with Crippen LogP contribution in [0.5, 0.6) is 0 Å². The van der Waals surface area contributed by atoms with Crippen LogP contribution in [-0.2, 0) is 30.5 Å². The van der Waals surface area contributed by atoms with Gasteiger partial charge in [0.05, 0.1) is 0 Å². The molecule has 0 saturated carbocycles. The molecule has 0 aliphatic rings. The number of rotatable bonds is 10. The van der Waals surface area contributed by atoms with E-state index < -0.39 is 16.4 Å². The number of hydrogen-bond acceptors (Lipinski definition) is 7. The number of nitrogens with zero attached hydrogens (tertiary/aromatic N) is 3. The van der Waals surface area contributed by atoms with E-state index in [-0.39, 0.29) is 11.4 Å². The Kier molecular flexibility index (Phi) is 8.09. The Morgan fingerprint density at radius 2 is 1.91 bits per heavy atom. The second-order valence-corrected chi connectivity index (χ2v) is 8.74. The first-order chi connectivity index (χ1) is 15.3. The van der Waals surface area contributed by atoms with Crippen LogP contribution in [0.15, 0.2) is 53.5 Å². The summed E-state index contributed by atoms with van der Waals surface area (Å²) in [5.41, 5.74) is 9.05. The van der Waals surface area contributed by atoms with Crippen LogP contribution in [0.3, 0.4) is 0 Å². The van der Waals surface area contributed by atoms with Crippen molar-refractivity contribution in [1.82, 2.24) is 19.9 Å². The number of hydrogen-bond donors (Lipinski definition) is 4. The Morgan fingerprint density at radius 1 is 1.16 bits per heavy atom. The predicted molar refractivity (Wildman–Crippen MR) is 128 cm³/mol. The SMILES string of the molecule is Cc1nc(N)ccc1CNCCn1c(C)cnc(NC(Cc2ccccc2)S(N)=O)c1=O. The highest BCUT2D eigenvalue weighted by atomic mass is 32.2. The molecule has 2 heterocycles. The van der Waals surface area contributed by atoms with Gasteiger partial charge in [0.15, 0.2) is 5.82 Å².